The van der Waals surface area contributed by atoms with Gasteiger partial charge in [-0.2, -0.15) is 0 Å². The minimum atomic E-state index is 0.357. The number of hydrogen-bond donors (Lipinski definition) is 2. The highest BCUT2D eigenvalue weighted by molar-refractivity contribution is 7.19. The number of thiazole rings is 2. The topological polar surface area (TPSA) is 75.6 Å². The van der Waals surface area contributed by atoms with Crippen LogP contribution in [0.2, 0.25) is 5.02 Å². The van der Waals surface area contributed by atoms with Crippen LogP contribution in [0, 0.1) is 0 Å². The third-order valence-corrected chi connectivity index (χ3v) is 9.16. The summed E-state index contributed by atoms with van der Waals surface area (Å²) >= 11 is 9.64. The van der Waals surface area contributed by atoms with Crippen LogP contribution < -0.4 is 10.6 Å². The molecular formula is C38H43ClN6S2. The molecule has 2 N–H and O–H groups in total. The first-order valence-electron chi connectivity index (χ1n) is 16.1. The number of halogens is 1. The van der Waals surface area contributed by atoms with Gasteiger partial charge >= 0.3 is 0 Å². The van der Waals surface area contributed by atoms with Crippen LogP contribution in [-0.4, -0.2) is 32.5 Å². The Hall–Kier alpha value is -4.11. The molecule has 0 radical (unpaired) electrons. The van der Waals surface area contributed by atoms with Gasteiger partial charge in [0.2, 0.25) is 0 Å². The molecule has 0 atom stereocenters. The lowest BCUT2D eigenvalue weighted by atomic mass is 9.98. The van der Waals surface area contributed by atoms with Crippen molar-refractivity contribution >= 4 is 44.5 Å². The smallest absolute Gasteiger partial charge is 0.183 e. The van der Waals surface area contributed by atoms with Crippen LogP contribution in [0.3, 0.4) is 0 Å². The summed E-state index contributed by atoms with van der Waals surface area (Å²) < 4.78 is 0. The summed E-state index contributed by atoms with van der Waals surface area (Å²) in [5.41, 5.74) is 7.58. The Bertz CT molecular complexity index is 1830. The molecule has 0 fully saturated rings. The van der Waals surface area contributed by atoms with Crippen LogP contribution in [0.15, 0.2) is 97.6 Å². The van der Waals surface area contributed by atoms with Gasteiger partial charge in [0.05, 0.1) is 21.1 Å². The summed E-state index contributed by atoms with van der Waals surface area (Å²) in [4.78, 5) is 20.3. The summed E-state index contributed by atoms with van der Waals surface area (Å²) in [5, 5.41) is 9.27. The first-order valence-corrected chi connectivity index (χ1v) is 18.2. The molecule has 0 saturated heterocycles. The predicted molar refractivity (Wildman–Crippen MR) is 205 cm³/mol. The third-order valence-electron chi connectivity index (χ3n) is 6.88. The molecule has 6 rings (SSSR count). The number of aryl methyl sites for hydroxylation is 1. The van der Waals surface area contributed by atoms with Crippen molar-refractivity contribution < 1.29 is 0 Å². The van der Waals surface area contributed by atoms with E-state index in [4.69, 9.17) is 11.6 Å². The molecule has 0 bridgehead atoms. The highest BCUT2D eigenvalue weighted by Gasteiger charge is 2.15. The molecule has 2 aromatic carbocycles. The van der Waals surface area contributed by atoms with Crippen molar-refractivity contribution in [3.63, 3.8) is 0 Å². The molecule has 0 aliphatic heterocycles. The average molecular weight is 683 g/mol. The van der Waals surface area contributed by atoms with Crippen molar-refractivity contribution in [1.82, 2.24) is 19.9 Å². The van der Waals surface area contributed by atoms with Crippen LogP contribution in [0.4, 0.5) is 10.3 Å². The monoisotopic (exact) mass is 682 g/mol. The minimum Gasteiger partial charge on any atom is -0.362 e. The number of nitrogens with one attached hydrogen (secondary N) is 2. The number of rotatable bonds is 10. The Kier molecular flexibility index (Phi) is 13.9. The molecule has 244 valence electrons. The van der Waals surface area contributed by atoms with Crippen molar-refractivity contribution in [2.24, 2.45) is 0 Å². The van der Waals surface area contributed by atoms with Gasteiger partial charge in [0.25, 0.3) is 0 Å². The van der Waals surface area contributed by atoms with Crippen LogP contribution in [-0.2, 0) is 6.42 Å². The number of benzene rings is 2. The molecule has 0 unspecified atom stereocenters. The quantitative estimate of drug-likeness (QED) is 0.150. The minimum absolute atomic E-state index is 0.357. The second-order valence-electron chi connectivity index (χ2n) is 10.6. The van der Waals surface area contributed by atoms with Gasteiger partial charge in [-0.15, -0.1) is 0 Å². The first-order chi connectivity index (χ1) is 23.0. The zero-order valence-electron chi connectivity index (χ0n) is 27.9. The summed E-state index contributed by atoms with van der Waals surface area (Å²) in [6.07, 6.45) is 9.57. The fraction of sp³-hybridized carbons (Fsp3) is 0.263. The lowest BCUT2D eigenvalue weighted by molar-refractivity contribution is 0.896. The molecule has 0 aliphatic rings. The number of anilines is 2. The summed E-state index contributed by atoms with van der Waals surface area (Å²) in [7, 11) is 0. The van der Waals surface area contributed by atoms with Gasteiger partial charge in [0.1, 0.15) is 0 Å². The zero-order chi connectivity index (χ0) is 33.6. The van der Waals surface area contributed by atoms with Crippen LogP contribution in [0.1, 0.15) is 53.5 Å². The molecule has 0 amide bonds. The van der Waals surface area contributed by atoms with E-state index in [0.29, 0.717) is 11.1 Å². The maximum Gasteiger partial charge on any atom is 0.183 e. The molecule has 6 nitrogen and oxygen atoms in total. The zero-order valence-corrected chi connectivity index (χ0v) is 30.3. The van der Waals surface area contributed by atoms with Crippen LogP contribution in [0.5, 0.6) is 0 Å². The van der Waals surface area contributed by atoms with E-state index in [1.807, 2.05) is 68.8 Å². The van der Waals surface area contributed by atoms with E-state index in [2.05, 4.69) is 94.7 Å². The van der Waals surface area contributed by atoms with E-state index in [1.165, 1.54) is 11.1 Å². The Balaban J connectivity index is 0.000000202. The van der Waals surface area contributed by atoms with E-state index < -0.39 is 0 Å². The molecule has 4 heterocycles. The highest BCUT2D eigenvalue weighted by Crippen LogP contribution is 2.38. The van der Waals surface area contributed by atoms with Gasteiger partial charge in [0.15, 0.2) is 10.3 Å². The molecule has 47 heavy (non-hydrogen) atoms. The lowest BCUT2D eigenvalue weighted by Crippen LogP contribution is -2.08. The van der Waals surface area contributed by atoms with Crippen molar-refractivity contribution in [3.8, 4) is 43.4 Å². The molecule has 9 heteroatoms. The van der Waals surface area contributed by atoms with E-state index in [-0.39, 0.29) is 0 Å². The summed E-state index contributed by atoms with van der Waals surface area (Å²) in [5.74, 6) is 0. The standard InChI is InChI=1S/C19H21N3S.C17H16ClN3S.C2H6/c1-3-11-21-19-22-13-17(23-19)16-10-7-12-20-18(16)15-9-6-5-8-14(15)4-2;1-11(2)21-17-20-10-15(22-17)13-7-5-9-19-16(13)12-6-3-4-8-14(12)18;1-2/h5-10,12-13H,3-4,11H2,1-2H3,(H,21,22);3-11H,1-2H3,(H,20,21);1-2H3. The maximum absolute atomic E-state index is 6.33. The van der Waals surface area contributed by atoms with Crippen molar-refractivity contribution in [2.45, 2.75) is 60.4 Å². The Labute approximate surface area is 292 Å². The van der Waals surface area contributed by atoms with Crippen LogP contribution in [0.25, 0.3) is 43.4 Å². The Morgan fingerprint density at radius 1 is 0.660 bits per heavy atom. The van der Waals surface area contributed by atoms with E-state index in [9.17, 15) is 0 Å². The fourth-order valence-electron chi connectivity index (χ4n) is 4.78. The SMILES string of the molecule is CC.CC(C)Nc1ncc(-c2cccnc2-c2ccccc2Cl)s1.CCCNc1ncc(-c2cccnc2-c2ccccc2CC)s1. The Morgan fingerprint density at radius 3 is 1.79 bits per heavy atom. The van der Waals surface area contributed by atoms with Crippen molar-refractivity contribution in [1.29, 1.82) is 0 Å². The maximum atomic E-state index is 6.33. The molecule has 6 aromatic rings. The van der Waals surface area contributed by atoms with E-state index >= 15 is 0 Å². The fourth-order valence-corrected chi connectivity index (χ4v) is 6.86. The molecule has 0 aliphatic carbocycles. The predicted octanol–water partition coefficient (Wildman–Crippen LogP) is 11.6. The average Bonchev–Trinajstić information content (AvgIpc) is 3.78. The second kappa shape index (κ2) is 18.3. The van der Waals surface area contributed by atoms with Gasteiger partial charge in [-0.25, -0.2) is 9.97 Å². The van der Waals surface area contributed by atoms with Gasteiger partial charge in [0, 0.05) is 64.7 Å². The summed E-state index contributed by atoms with van der Waals surface area (Å²) in [6.45, 7) is 13.5. The van der Waals surface area contributed by atoms with Gasteiger partial charge in [-0.05, 0) is 62.6 Å². The van der Waals surface area contributed by atoms with Gasteiger partial charge < -0.3 is 10.6 Å². The van der Waals surface area contributed by atoms with Gasteiger partial charge in [-0.3, -0.25) is 9.97 Å². The van der Waals surface area contributed by atoms with E-state index in [0.717, 1.165) is 67.5 Å². The van der Waals surface area contributed by atoms with Crippen molar-refractivity contribution in [3.05, 3.63) is 108 Å². The second-order valence-corrected chi connectivity index (χ2v) is 13.0. The number of hydrogen-bond acceptors (Lipinski definition) is 8. The Morgan fingerprint density at radius 2 is 1.19 bits per heavy atom. The lowest BCUT2D eigenvalue weighted by Gasteiger charge is -2.10. The number of nitrogens with zero attached hydrogens (tertiary/aromatic N) is 4. The molecule has 0 spiro atoms. The normalized spacial score (nSPS) is 10.5. The van der Waals surface area contributed by atoms with Gasteiger partial charge in [-0.1, -0.05) is 104 Å². The summed E-state index contributed by atoms with van der Waals surface area (Å²) in [6, 6.07) is 24.7. The van der Waals surface area contributed by atoms with Crippen LogP contribution >= 0.6 is 34.3 Å². The third kappa shape index (κ3) is 9.47. The molecular weight excluding hydrogens is 640 g/mol. The highest BCUT2D eigenvalue weighted by atomic mass is 35.5. The molecule has 0 saturated carbocycles. The number of aromatic nitrogens is 4. The largest absolute Gasteiger partial charge is 0.362 e. The van der Waals surface area contributed by atoms with E-state index in [1.54, 1.807) is 28.9 Å². The number of pyridine rings is 2. The van der Waals surface area contributed by atoms with Crippen molar-refractivity contribution in [2.75, 3.05) is 17.2 Å². The first kappa shape index (κ1) is 35.7. The molecule has 4 aromatic heterocycles.